The largest absolute Gasteiger partial charge is 0.0628 e. The number of hydrogen-bond donors (Lipinski definition) is 0. The summed E-state index contributed by atoms with van der Waals surface area (Å²) in [5.41, 5.74) is 0.993. The van der Waals surface area contributed by atoms with Gasteiger partial charge in [0.15, 0.2) is 0 Å². The minimum Gasteiger partial charge on any atom is -0.0628 e. The van der Waals surface area contributed by atoms with Crippen LogP contribution >= 0.6 is 0 Å². The summed E-state index contributed by atoms with van der Waals surface area (Å²) in [6.45, 7) is 21.5. The molecule has 0 rings (SSSR count). The highest BCUT2D eigenvalue weighted by Crippen LogP contribution is 2.47. The van der Waals surface area contributed by atoms with Gasteiger partial charge in [-0.05, 0) is 54.3 Å². The zero-order chi connectivity index (χ0) is 14.6. The van der Waals surface area contributed by atoms with Crippen molar-refractivity contribution in [3.8, 4) is 0 Å². The van der Waals surface area contributed by atoms with Gasteiger partial charge in [-0.3, -0.25) is 0 Å². The molecule has 0 saturated heterocycles. The highest BCUT2D eigenvalue weighted by molar-refractivity contribution is 4.87. The van der Waals surface area contributed by atoms with Crippen LogP contribution in [0.5, 0.6) is 0 Å². The van der Waals surface area contributed by atoms with E-state index in [0.29, 0.717) is 10.8 Å². The van der Waals surface area contributed by atoms with Gasteiger partial charge in [-0.1, -0.05) is 62.3 Å². The number of rotatable bonds is 7. The summed E-state index contributed by atoms with van der Waals surface area (Å²) in [5.74, 6) is 2.43. The molecule has 0 N–H and O–H groups in total. The van der Waals surface area contributed by atoms with E-state index in [1.54, 1.807) is 0 Å². The minimum atomic E-state index is 0.443. The van der Waals surface area contributed by atoms with E-state index in [2.05, 4.69) is 62.3 Å². The summed E-state index contributed by atoms with van der Waals surface area (Å²) in [7, 11) is 0. The zero-order valence-electron chi connectivity index (χ0n) is 14.6. The predicted molar refractivity (Wildman–Crippen MR) is 84.9 cm³/mol. The van der Waals surface area contributed by atoms with Crippen molar-refractivity contribution in [2.45, 2.75) is 88.0 Å². The average Bonchev–Trinajstić information content (AvgIpc) is 1.92. The van der Waals surface area contributed by atoms with Gasteiger partial charge in [0.2, 0.25) is 0 Å². The van der Waals surface area contributed by atoms with E-state index in [1.165, 1.54) is 25.7 Å². The molecule has 0 unspecified atom stereocenters. The van der Waals surface area contributed by atoms with Crippen molar-refractivity contribution in [2.75, 3.05) is 0 Å². The van der Waals surface area contributed by atoms with Gasteiger partial charge in [-0.2, -0.15) is 0 Å². The molecule has 0 aliphatic rings. The first-order valence-electron chi connectivity index (χ1n) is 7.96. The van der Waals surface area contributed by atoms with Crippen molar-refractivity contribution in [1.82, 2.24) is 0 Å². The van der Waals surface area contributed by atoms with Gasteiger partial charge < -0.3 is 0 Å². The molecule has 0 fully saturated rings. The van der Waals surface area contributed by atoms with Crippen LogP contribution in [0.2, 0.25) is 0 Å². The first-order chi connectivity index (χ1) is 7.96. The second kappa shape index (κ2) is 6.96. The summed E-state index contributed by atoms with van der Waals surface area (Å²) in [5, 5.41) is 0. The summed E-state index contributed by atoms with van der Waals surface area (Å²) >= 11 is 0. The van der Waals surface area contributed by atoms with Crippen molar-refractivity contribution in [3.05, 3.63) is 0 Å². The molecule has 0 radical (unpaired) electrons. The molecule has 0 aliphatic carbocycles. The van der Waals surface area contributed by atoms with Gasteiger partial charge in [0, 0.05) is 0 Å². The first-order valence-corrected chi connectivity index (χ1v) is 7.96. The average molecular weight is 255 g/mol. The summed E-state index contributed by atoms with van der Waals surface area (Å²) in [4.78, 5) is 0. The first kappa shape index (κ1) is 18.0. The van der Waals surface area contributed by atoms with Gasteiger partial charge in [-0.25, -0.2) is 0 Å². The lowest BCUT2D eigenvalue weighted by atomic mass is 9.63. The predicted octanol–water partition coefficient (Wildman–Crippen LogP) is 6.55. The van der Waals surface area contributed by atoms with E-state index >= 15 is 0 Å². The van der Waals surface area contributed by atoms with Crippen molar-refractivity contribution >= 4 is 0 Å². The van der Waals surface area contributed by atoms with Crippen LogP contribution in [-0.2, 0) is 0 Å². The Morgan fingerprint density at radius 2 is 0.889 bits per heavy atom. The molecule has 0 heteroatoms. The SMILES string of the molecule is CC(C)CC(CC(C)C)(CC(C)C)CC(C)(C)C. The molecular weight excluding hydrogens is 216 g/mol. The van der Waals surface area contributed by atoms with Crippen LogP contribution in [0.1, 0.15) is 88.0 Å². The fraction of sp³-hybridized carbons (Fsp3) is 1.00. The summed E-state index contributed by atoms with van der Waals surface area (Å²) < 4.78 is 0. The van der Waals surface area contributed by atoms with Crippen LogP contribution in [0, 0.1) is 28.6 Å². The third-order valence-corrected chi connectivity index (χ3v) is 3.43. The summed E-state index contributed by atoms with van der Waals surface area (Å²) in [6.07, 6.45) is 5.54. The number of hydrogen-bond acceptors (Lipinski definition) is 0. The standard InChI is InChI=1S/C18H38/c1-14(2)10-18(11-15(3)4,12-16(5)6)13-17(7,8)9/h14-16H,10-13H2,1-9H3. The van der Waals surface area contributed by atoms with Crippen molar-refractivity contribution in [2.24, 2.45) is 28.6 Å². The molecule has 110 valence electrons. The van der Waals surface area contributed by atoms with E-state index in [0.717, 1.165) is 17.8 Å². The Morgan fingerprint density at radius 1 is 0.611 bits per heavy atom. The van der Waals surface area contributed by atoms with Crippen LogP contribution in [0.15, 0.2) is 0 Å². The second-order valence-corrected chi connectivity index (χ2v) is 9.03. The van der Waals surface area contributed by atoms with Gasteiger partial charge in [-0.15, -0.1) is 0 Å². The fourth-order valence-electron chi connectivity index (χ4n) is 4.19. The third-order valence-electron chi connectivity index (χ3n) is 3.43. The van der Waals surface area contributed by atoms with Gasteiger partial charge in [0.05, 0.1) is 0 Å². The maximum Gasteiger partial charge on any atom is -0.0285 e. The van der Waals surface area contributed by atoms with Crippen LogP contribution in [0.25, 0.3) is 0 Å². The molecule has 0 aromatic rings. The van der Waals surface area contributed by atoms with E-state index in [-0.39, 0.29) is 0 Å². The third kappa shape index (κ3) is 8.16. The molecule has 0 heterocycles. The topological polar surface area (TPSA) is 0 Å². The Balaban J connectivity index is 5.10. The van der Waals surface area contributed by atoms with E-state index in [1.807, 2.05) is 0 Å². The van der Waals surface area contributed by atoms with E-state index in [9.17, 15) is 0 Å². The van der Waals surface area contributed by atoms with Crippen molar-refractivity contribution in [1.29, 1.82) is 0 Å². The molecule has 0 amide bonds. The highest BCUT2D eigenvalue weighted by Gasteiger charge is 2.36. The normalized spacial score (nSPS) is 14.0. The zero-order valence-corrected chi connectivity index (χ0v) is 14.6. The van der Waals surface area contributed by atoms with Crippen molar-refractivity contribution in [3.63, 3.8) is 0 Å². The van der Waals surface area contributed by atoms with E-state index in [4.69, 9.17) is 0 Å². The molecule has 0 bridgehead atoms. The Kier molecular flexibility index (Phi) is 6.96. The Hall–Kier alpha value is 0. The molecule has 0 aliphatic heterocycles. The smallest absolute Gasteiger partial charge is 0.0285 e. The van der Waals surface area contributed by atoms with Crippen LogP contribution in [0.3, 0.4) is 0 Å². The summed E-state index contributed by atoms with van der Waals surface area (Å²) in [6, 6.07) is 0. The van der Waals surface area contributed by atoms with Gasteiger partial charge >= 0.3 is 0 Å². The molecule has 0 spiro atoms. The lowest BCUT2D eigenvalue weighted by Crippen LogP contribution is -2.31. The molecule has 0 aromatic carbocycles. The second-order valence-electron chi connectivity index (χ2n) is 9.03. The maximum absolute atomic E-state index is 2.41. The Labute approximate surface area is 117 Å². The maximum atomic E-state index is 2.41. The monoisotopic (exact) mass is 254 g/mol. The molecule has 0 atom stereocenters. The fourth-order valence-corrected chi connectivity index (χ4v) is 4.19. The van der Waals surface area contributed by atoms with Gasteiger partial charge in [0.1, 0.15) is 0 Å². The lowest BCUT2D eigenvalue weighted by molar-refractivity contribution is 0.0822. The lowest BCUT2D eigenvalue weighted by Gasteiger charge is -2.43. The molecule has 0 nitrogen and oxygen atoms in total. The van der Waals surface area contributed by atoms with Crippen molar-refractivity contribution < 1.29 is 0 Å². The molecule has 0 saturated carbocycles. The van der Waals surface area contributed by atoms with Gasteiger partial charge in [0.25, 0.3) is 0 Å². The molecule has 0 aromatic heterocycles. The highest BCUT2D eigenvalue weighted by atomic mass is 14.4. The van der Waals surface area contributed by atoms with Crippen LogP contribution in [0.4, 0.5) is 0 Å². The molecule has 18 heavy (non-hydrogen) atoms. The van der Waals surface area contributed by atoms with Crippen LogP contribution < -0.4 is 0 Å². The van der Waals surface area contributed by atoms with Crippen LogP contribution in [-0.4, -0.2) is 0 Å². The van der Waals surface area contributed by atoms with E-state index < -0.39 is 0 Å². The Morgan fingerprint density at radius 3 is 1.06 bits per heavy atom. The minimum absolute atomic E-state index is 0.443. The Bertz CT molecular complexity index is 188. The molecular formula is C18H38. The quantitative estimate of drug-likeness (QED) is 0.483.